The summed E-state index contributed by atoms with van der Waals surface area (Å²) in [6.45, 7) is 6.16. The minimum absolute atomic E-state index is 0.150. The SMILES string of the molecule is Cc1ccc(-c2nn(-c3ccccc3)cc2C(=O)NCCCN2CCCC2=O)cc1C. The third-order valence-electron chi connectivity index (χ3n) is 5.82. The topological polar surface area (TPSA) is 67.2 Å². The number of likely N-dealkylation sites (tertiary alicyclic amines) is 1. The maximum atomic E-state index is 13.1. The van der Waals surface area contributed by atoms with Crippen LogP contribution in [0.4, 0.5) is 0 Å². The van der Waals surface area contributed by atoms with Gasteiger partial charge in [-0.1, -0.05) is 30.3 Å². The number of carbonyl (C=O) groups is 2. The second kappa shape index (κ2) is 9.16. The van der Waals surface area contributed by atoms with Crippen molar-refractivity contribution >= 4 is 11.8 Å². The number of hydrogen-bond acceptors (Lipinski definition) is 3. The van der Waals surface area contributed by atoms with Crippen molar-refractivity contribution in [3.63, 3.8) is 0 Å². The van der Waals surface area contributed by atoms with Crippen molar-refractivity contribution in [3.05, 3.63) is 71.4 Å². The number of hydrogen-bond donors (Lipinski definition) is 1. The summed E-state index contributed by atoms with van der Waals surface area (Å²) < 4.78 is 1.75. The van der Waals surface area contributed by atoms with E-state index in [2.05, 4.69) is 31.3 Å². The number of benzene rings is 2. The minimum Gasteiger partial charge on any atom is -0.352 e. The van der Waals surface area contributed by atoms with Crippen LogP contribution in [0, 0.1) is 13.8 Å². The second-order valence-electron chi connectivity index (χ2n) is 8.06. The molecule has 0 radical (unpaired) electrons. The van der Waals surface area contributed by atoms with Crippen LogP contribution in [0.15, 0.2) is 54.7 Å². The van der Waals surface area contributed by atoms with E-state index in [1.165, 1.54) is 5.56 Å². The Hall–Kier alpha value is -3.41. The molecule has 4 rings (SSSR count). The molecule has 1 saturated heterocycles. The quantitative estimate of drug-likeness (QED) is 0.594. The molecule has 0 spiro atoms. The third-order valence-corrected chi connectivity index (χ3v) is 5.82. The Kier molecular flexibility index (Phi) is 6.16. The smallest absolute Gasteiger partial charge is 0.255 e. The van der Waals surface area contributed by atoms with E-state index in [9.17, 15) is 9.59 Å². The predicted molar refractivity (Wildman–Crippen MR) is 121 cm³/mol. The lowest BCUT2D eigenvalue weighted by Crippen LogP contribution is -2.30. The van der Waals surface area contributed by atoms with Crippen LogP contribution in [-0.4, -0.2) is 46.1 Å². The average molecular weight is 417 g/mol. The van der Waals surface area contributed by atoms with E-state index in [0.717, 1.165) is 36.2 Å². The maximum Gasteiger partial charge on any atom is 0.255 e. The van der Waals surface area contributed by atoms with E-state index in [1.54, 1.807) is 10.9 Å². The monoisotopic (exact) mass is 416 g/mol. The Morgan fingerprint density at radius 3 is 2.61 bits per heavy atom. The van der Waals surface area contributed by atoms with Crippen molar-refractivity contribution in [1.82, 2.24) is 20.0 Å². The number of nitrogens with zero attached hydrogens (tertiary/aromatic N) is 3. The highest BCUT2D eigenvalue weighted by molar-refractivity contribution is 6.00. The number of nitrogens with one attached hydrogen (secondary N) is 1. The van der Waals surface area contributed by atoms with Crippen LogP contribution in [0.1, 0.15) is 40.7 Å². The van der Waals surface area contributed by atoms with Crippen molar-refractivity contribution in [2.24, 2.45) is 0 Å². The van der Waals surface area contributed by atoms with Gasteiger partial charge in [0.05, 0.1) is 11.3 Å². The van der Waals surface area contributed by atoms with Gasteiger partial charge < -0.3 is 10.2 Å². The number of carbonyl (C=O) groups excluding carboxylic acids is 2. The molecule has 0 bridgehead atoms. The lowest BCUT2D eigenvalue weighted by atomic mass is 10.0. The molecule has 160 valence electrons. The van der Waals surface area contributed by atoms with Crippen LogP contribution in [-0.2, 0) is 4.79 Å². The molecule has 1 aliphatic heterocycles. The zero-order chi connectivity index (χ0) is 21.8. The Morgan fingerprint density at radius 1 is 1.10 bits per heavy atom. The molecule has 0 unspecified atom stereocenters. The van der Waals surface area contributed by atoms with Crippen LogP contribution in [0.3, 0.4) is 0 Å². The van der Waals surface area contributed by atoms with E-state index in [-0.39, 0.29) is 11.8 Å². The normalized spacial score (nSPS) is 13.6. The largest absolute Gasteiger partial charge is 0.352 e. The molecule has 0 saturated carbocycles. The Bertz CT molecular complexity index is 1090. The van der Waals surface area contributed by atoms with Gasteiger partial charge in [-0.15, -0.1) is 0 Å². The molecular formula is C25H28N4O2. The van der Waals surface area contributed by atoms with E-state index in [0.29, 0.717) is 30.8 Å². The Labute approximate surface area is 182 Å². The summed E-state index contributed by atoms with van der Waals surface area (Å²) in [5.74, 6) is 0.0654. The molecule has 2 aromatic carbocycles. The van der Waals surface area contributed by atoms with Crippen molar-refractivity contribution in [3.8, 4) is 16.9 Å². The predicted octanol–water partition coefficient (Wildman–Crippen LogP) is 3.90. The Balaban J connectivity index is 1.54. The molecule has 0 aliphatic carbocycles. The summed E-state index contributed by atoms with van der Waals surface area (Å²) >= 11 is 0. The second-order valence-corrected chi connectivity index (χ2v) is 8.06. The zero-order valence-electron chi connectivity index (χ0n) is 18.1. The molecule has 1 N–H and O–H groups in total. The Morgan fingerprint density at radius 2 is 1.90 bits per heavy atom. The third kappa shape index (κ3) is 4.68. The van der Waals surface area contributed by atoms with Crippen molar-refractivity contribution < 1.29 is 9.59 Å². The molecule has 1 aromatic heterocycles. The summed E-state index contributed by atoms with van der Waals surface area (Å²) in [7, 11) is 0. The number of rotatable bonds is 7. The molecule has 1 fully saturated rings. The van der Waals surface area contributed by atoms with Crippen LogP contribution in [0.25, 0.3) is 16.9 Å². The van der Waals surface area contributed by atoms with E-state index in [4.69, 9.17) is 5.10 Å². The molecule has 6 nitrogen and oxygen atoms in total. The molecule has 2 amide bonds. The van der Waals surface area contributed by atoms with Crippen LogP contribution in [0.2, 0.25) is 0 Å². The van der Waals surface area contributed by atoms with Crippen LogP contribution in [0.5, 0.6) is 0 Å². The lowest BCUT2D eigenvalue weighted by molar-refractivity contribution is -0.127. The van der Waals surface area contributed by atoms with Crippen molar-refractivity contribution in [2.75, 3.05) is 19.6 Å². The number of aryl methyl sites for hydroxylation is 2. The minimum atomic E-state index is -0.150. The first-order valence-corrected chi connectivity index (χ1v) is 10.8. The van der Waals surface area contributed by atoms with Gasteiger partial charge >= 0.3 is 0 Å². The summed E-state index contributed by atoms with van der Waals surface area (Å²) in [4.78, 5) is 26.7. The number of amides is 2. The van der Waals surface area contributed by atoms with E-state index >= 15 is 0 Å². The van der Waals surface area contributed by atoms with E-state index < -0.39 is 0 Å². The molecule has 3 aromatic rings. The highest BCUT2D eigenvalue weighted by Crippen LogP contribution is 2.26. The number of aromatic nitrogens is 2. The van der Waals surface area contributed by atoms with Crippen molar-refractivity contribution in [2.45, 2.75) is 33.1 Å². The van der Waals surface area contributed by atoms with Gasteiger partial charge in [-0.2, -0.15) is 5.10 Å². The van der Waals surface area contributed by atoms with Gasteiger partial charge in [-0.05, 0) is 56.0 Å². The molecule has 1 aliphatic rings. The molecule has 2 heterocycles. The van der Waals surface area contributed by atoms with Gasteiger partial charge in [0, 0.05) is 37.8 Å². The first kappa shape index (κ1) is 20.8. The highest BCUT2D eigenvalue weighted by Gasteiger charge is 2.21. The molecular weight excluding hydrogens is 388 g/mol. The fourth-order valence-electron chi connectivity index (χ4n) is 3.86. The van der Waals surface area contributed by atoms with Gasteiger partial charge in [0.25, 0.3) is 5.91 Å². The van der Waals surface area contributed by atoms with Gasteiger partial charge in [0.1, 0.15) is 5.69 Å². The first-order chi connectivity index (χ1) is 15.0. The summed E-state index contributed by atoms with van der Waals surface area (Å²) in [6, 6.07) is 15.9. The summed E-state index contributed by atoms with van der Waals surface area (Å²) in [5.41, 5.74) is 5.40. The van der Waals surface area contributed by atoms with Gasteiger partial charge in [0.2, 0.25) is 5.91 Å². The summed E-state index contributed by atoms with van der Waals surface area (Å²) in [5, 5.41) is 7.76. The van der Waals surface area contributed by atoms with Crippen molar-refractivity contribution in [1.29, 1.82) is 0 Å². The lowest BCUT2D eigenvalue weighted by Gasteiger charge is -2.15. The van der Waals surface area contributed by atoms with E-state index in [1.807, 2.05) is 41.3 Å². The molecule has 31 heavy (non-hydrogen) atoms. The first-order valence-electron chi connectivity index (χ1n) is 10.8. The van der Waals surface area contributed by atoms with Crippen LogP contribution < -0.4 is 5.32 Å². The fourth-order valence-corrected chi connectivity index (χ4v) is 3.86. The van der Waals surface area contributed by atoms with Gasteiger partial charge in [-0.3, -0.25) is 9.59 Å². The highest BCUT2D eigenvalue weighted by atomic mass is 16.2. The molecule has 0 atom stereocenters. The zero-order valence-corrected chi connectivity index (χ0v) is 18.1. The summed E-state index contributed by atoms with van der Waals surface area (Å²) in [6.07, 6.45) is 4.11. The van der Waals surface area contributed by atoms with Crippen LogP contribution >= 0.6 is 0 Å². The maximum absolute atomic E-state index is 13.1. The van der Waals surface area contributed by atoms with Gasteiger partial charge in [-0.25, -0.2) is 4.68 Å². The standard InChI is InChI=1S/C25H28N4O2/c1-18-11-12-20(16-19(18)2)24-22(17-29(27-24)21-8-4-3-5-9-21)25(31)26-13-7-15-28-14-6-10-23(28)30/h3-5,8-9,11-12,16-17H,6-7,10,13-15H2,1-2H3,(H,26,31). The molecule has 6 heteroatoms. The average Bonchev–Trinajstić information content (AvgIpc) is 3.40. The number of para-hydroxylation sites is 1. The fraction of sp³-hybridized carbons (Fsp3) is 0.320. The van der Waals surface area contributed by atoms with Gasteiger partial charge in [0.15, 0.2) is 0 Å².